The molecule has 0 amide bonds. The maximum atomic E-state index is 5.70. The van der Waals surface area contributed by atoms with E-state index < -0.39 is 5.60 Å². The van der Waals surface area contributed by atoms with Crippen LogP contribution in [0.4, 0.5) is 5.82 Å². The van der Waals surface area contributed by atoms with Gasteiger partial charge < -0.3 is 10.1 Å². The van der Waals surface area contributed by atoms with E-state index in [1.807, 2.05) is 0 Å². The quantitative estimate of drug-likeness (QED) is 0.809. The molecular formula is C17H29N3O. The Balaban J connectivity index is 2.46. The molecule has 0 aromatic carbocycles. The highest BCUT2D eigenvalue weighted by Gasteiger charge is 2.30. The molecule has 1 N–H and O–H groups in total. The summed E-state index contributed by atoms with van der Waals surface area (Å²) in [5, 5.41) is 3.50. The average Bonchev–Trinajstić information content (AvgIpc) is 2.77. The van der Waals surface area contributed by atoms with E-state index in [2.05, 4.69) is 26.1 Å². The molecule has 0 fully saturated rings. The Labute approximate surface area is 128 Å². The predicted octanol–water partition coefficient (Wildman–Crippen LogP) is 3.84. The second-order valence-corrected chi connectivity index (χ2v) is 6.10. The number of ether oxygens (including phenoxy) is 1. The molecule has 1 aliphatic carbocycles. The van der Waals surface area contributed by atoms with Crippen LogP contribution in [0.2, 0.25) is 0 Å². The molecule has 0 bridgehead atoms. The molecule has 0 saturated heterocycles. The van der Waals surface area contributed by atoms with E-state index in [1.54, 1.807) is 7.11 Å². The van der Waals surface area contributed by atoms with Crippen molar-refractivity contribution in [3.05, 3.63) is 17.1 Å². The normalized spacial score (nSPS) is 17.7. The van der Waals surface area contributed by atoms with Crippen molar-refractivity contribution in [3.63, 3.8) is 0 Å². The fourth-order valence-electron chi connectivity index (χ4n) is 2.79. The van der Waals surface area contributed by atoms with Crippen molar-refractivity contribution in [2.75, 3.05) is 19.0 Å². The summed E-state index contributed by atoms with van der Waals surface area (Å²) in [6.07, 6.45) is 7.89. The minimum Gasteiger partial charge on any atom is -0.371 e. The Morgan fingerprint density at radius 2 is 1.90 bits per heavy atom. The lowest BCUT2D eigenvalue weighted by molar-refractivity contribution is -0.00906. The number of nitrogens with zero attached hydrogens (tertiary/aromatic N) is 2. The molecule has 0 radical (unpaired) electrons. The highest BCUT2D eigenvalue weighted by atomic mass is 16.5. The SMILES string of the molecule is CCCNc1nc(C(C)(CC)OC)nc2c1CCCCC2. The van der Waals surface area contributed by atoms with Crippen LogP contribution in [-0.2, 0) is 23.2 Å². The zero-order chi connectivity index (χ0) is 15.3. The van der Waals surface area contributed by atoms with Gasteiger partial charge in [0.25, 0.3) is 0 Å². The van der Waals surface area contributed by atoms with Crippen molar-refractivity contribution in [1.82, 2.24) is 9.97 Å². The highest BCUT2D eigenvalue weighted by Crippen LogP contribution is 2.31. The van der Waals surface area contributed by atoms with Crippen LogP contribution in [0, 0.1) is 0 Å². The van der Waals surface area contributed by atoms with Crippen molar-refractivity contribution >= 4 is 5.82 Å². The van der Waals surface area contributed by atoms with Gasteiger partial charge in [0.2, 0.25) is 0 Å². The molecule has 2 rings (SSSR count). The van der Waals surface area contributed by atoms with Crippen molar-refractivity contribution < 1.29 is 4.74 Å². The Morgan fingerprint density at radius 1 is 1.14 bits per heavy atom. The van der Waals surface area contributed by atoms with Crippen LogP contribution in [0.1, 0.15) is 70.0 Å². The summed E-state index contributed by atoms with van der Waals surface area (Å²) in [7, 11) is 1.75. The molecule has 21 heavy (non-hydrogen) atoms. The zero-order valence-electron chi connectivity index (χ0n) is 14.0. The van der Waals surface area contributed by atoms with Crippen LogP contribution < -0.4 is 5.32 Å². The molecular weight excluding hydrogens is 262 g/mol. The van der Waals surface area contributed by atoms with Crippen LogP contribution in [0.3, 0.4) is 0 Å². The number of fused-ring (bicyclic) bond motifs is 1. The number of methoxy groups -OCH3 is 1. The largest absolute Gasteiger partial charge is 0.371 e. The topological polar surface area (TPSA) is 47.0 Å². The Kier molecular flexibility index (Phi) is 5.57. The van der Waals surface area contributed by atoms with Crippen LogP contribution in [0.5, 0.6) is 0 Å². The van der Waals surface area contributed by atoms with Crippen LogP contribution in [0.15, 0.2) is 0 Å². The van der Waals surface area contributed by atoms with Gasteiger partial charge in [-0.05, 0) is 45.4 Å². The van der Waals surface area contributed by atoms with Crippen molar-refractivity contribution in [2.24, 2.45) is 0 Å². The zero-order valence-corrected chi connectivity index (χ0v) is 14.0. The lowest BCUT2D eigenvalue weighted by atomic mass is 10.0. The summed E-state index contributed by atoms with van der Waals surface area (Å²) in [6, 6.07) is 0. The summed E-state index contributed by atoms with van der Waals surface area (Å²) in [5.41, 5.74) is 2.16. The monoisotopic (exact) mass is 291 g/mol. The van der Waals surface area contributed by atoms with Gasteiger partial charge in [-0.1, -0.05) is 20.3 Å². The summed E-state index contributed by atoms with van der Waals surface area (Å²) >= 11 is 0. The summed E-state index contributed by atoms with van der Waals surface area (Å²) in [6.45, 7) is 7.34. The van der Waals surface area contributed by atoms with Gasteiger partial charge in [-0.25, -0.2) is 9.97 Å². The molecule has 0 aliphatic heterocycles. The molecule has 1 aromatic heterocycles. The lowest BCUT2D eigenvalue weighted by Crippen LogP contribution is -2.28. The van der Waals surface area contributed by atoms with Gasteiger partial charge >= 0.3 is 0 Å². The Morgan fingerprint density at radius 3 is 2.57 bits per heavy atom. The average molecular weight is 291 g/mol. The molecule has 1 heterocycles. The van der Waals surface area contributed by atoms with Crippen molar-refractivity contribution in [3.8, 4) is 0 Å². The van der Waals surface area contributed by atoms with Gasteiger partial charge in [-0.2, -0.15) is 0 Å². The number of hydrogen-bond donors (Lipinski definition) is 1. The van der Waals surface area contributed by atoms with E-state index in [0.29, 0.717) is 0 Å². The predicted molar refractivity (Wildman–Crippen MR) is 86.7 cm³/mol. The standard InChI is InChI=1S/C17H29N3O/c1-5-12-18-15-13-10-8-7-9-11-14(13)19-16(20-15)17(3,6-2)21-4/h5-12H2,1-4H3,(H,18,19,20). The van der Waals surface area contributed by atoms with E-state index in [-0.39, 0.29) is 0 Å². The number of aryl methyl sites for hydroxylation is 1. The minimum atomic E-state index is -0.399. The van der Waals surface area contributed by atoms with Crippen LogP contribution in [-0.4, -0.2) is 23.6 Å². The van der Waals surface area contributed by atoms with Gasteiger partial charge in [-0.15, -0.1) is 0 Å². The van der Waals surface area contributed by atoms with E-state index in [0.717, 1.165) is 43.9 Å². The number of rotatable bonds is 6. The first-order valence-corrected chi connectivity index (χ1v) is 8.34. The molecule has 1 aliphatic rings. The molecule has 1 aromatic rings. The number of nitrogens with one attached hydrogen (secondary N) is 1. The van der Waals surface area contributed by atoms with Crippen LogP contribution >= 0.6 is 0 Å². The number of aromatic nitrogens is 2. The van der Waals surface area contributed by atoms with Gasteiger partial charge in [0.1, 0.15) is 11.4 Å². The molecule has 4 heteroatoms. The fourth-order valence-corrected chi connectivity index (χ4v) is 2.79. The first kappa shape index (κ1) is 16.2. The third-order valence-electron chi connectivity index (χ3n) is 4.57. The summed E-state index contributed by atoms with van der Waals surface area (Å²) in [5.74, 6) is 1.86. The third kappa shape index (κ3) is 3.54. The lowest BCUT2D eigenvalue weighted by Gasteiger charge is -2.27. The second-order valence-electron chi connectivity index (χ2n) is 6.10. The molecule has 0 saturated carbocycles. The van der Waals surface area contributed by atoms with Gasteiger partial charge in [0.15, 0.2) is 5.82 Å². The van der Waals surface area contributed by atoms with Gasteiger partial charge in [0, 0.05) is 24.9 Å². The molecule has 1 atom stereocenters. The molecule has 118 valence electrons. The number of anilines is 1. The van der Waals surface area contributed by atoms with E-state index in [9.17, 15) is 0 Å². The molecule has 4 nitrogen and oxygen atoms in total. The van der Waals surface area contributed by atoms with E-state index in [4.69, 9.17) is 14.7 Å². The molecule has 0 spiro atoms. The Hall–Kier alpha value is -1.16. The smallest absolute Gasteiger partial charge is 0.162 e. The highest BCUT2D eigenvalue weighted by molar-refractivity contribution is 5.48. The Bertz CT molecular complexity index is 469. The third-order valence-corrected chi connectivity index (χ3v) is 4.57. The first-order valence-electron chi connectivity index (χ1n) is 8.34. The van der Waals surface area contributed by atoms with Crippen LogP contribution in [0.25, 0.3) is 0 Å². The summed E-state index contributed by atoms with van der Waals surface area (Å²) in [4.78, 5) is 9.71. The fraction of sp³-hybridized carbons (Fsp3) is 0.765. The first-order chi connectivity index (χ1) is 10.1. The summed E-state index contributed by atoms with van der Waals surface area (Å²) < 4.78 is 5.70. The van der Waals surface area contributed by atoms with E-state index >= 15 is 0 Å². The van der Waals surface area contributed by atoms with E-state index in [1.165, 1.54) is 30.5 Å². The van der Waals surface area contributed by atoms with Crippen molar-refractivity contribution in [1.29, 1.82) is 0 Å². The van der Waals surface area contributed by atoms with Crippen molar-refractivity contribution in [2.45, 2.75) is 71.3 Å². The van der Waals surface area contributed by atoms with Gasteiger partial charge in [-0.3, -0.25) is 0 Å². The maximum absolute atomic E-state index is 5.70. The molecule has 1 unspecified atom stereocenters. The number of hydrogen-bond acceptors (Lipinski definition) is 4. The maximum Gasteiger partial charge on any atom is 0.162 e. The minimum absolute atomic E-state index is 0.399. The van der Waals surface area contributed by atoms with Gasteiger partial charge in [0.05, 0.1) is 0 Å². The second kappa shape index (κ2) is 7.21.